The largest absolute Gasteiger partial charge is 0.322 e. The minimum Gasteiger partial charge on any atom is -0.322 e. The van der Waals surface area contributed by atoms with Crippen molar-refractivity contribution in [1.82, 2.24) is 0 Å². The number of primary sulfonamides is 1. The molecule has 12 heteroatoms. The molecular weight excluding hydrogens is 632 g/mol. The first-order chi connectivity index (χ1) is 22.4. The molecule has 3 aliphatic rings. The lowest BCUT2D eigenvalue weighted by molar-refractivity contribution is -0.384. The Bertz CT molecular complexity index is 1990. The first-order valence-corrected chi connectivity index (χ1v) is 17.1. The van der Waals surface area contributed by atoms with E-state index in [0.717, 1.165) is 11.4 Å². The molecule has 3 N–H and O–H groups in total. The molecule has 1 heterocycles. The van der Waals surface area contributed by atoms with E-state index < -0.39 is 26.8 Å². The average Bonchev–Trinajstić information content (AvgIpc) is 2.99. The maximum Gasteiger partial charge on any atom is 0.269 e. The van der Waals surface area contributed by atoms with Crippen molar-refractivity contribution in [2.24, 2.45) is 16.0 Å². The third-order valence-corrected chi connectivity index (χ3v) is 10.1. The van der Waals surface area contributed by atoms with Gasteiger partial charge in [-0.15, -0.1) is 0 Å². The summed E-state index contributed by atoms with van der Waals surface area (Å²) in [6.07, 6.45) is 1.70. The summed E-state index contributed by atoms with van der Waals surface area (Å²) < 4.78 is 23.2. The number of sulfonamides is 1. The van der Waals surface area contributed by atoms with E-state index in [1.807, 2.05) is 32.6 Å². The number of anilines is 2. The van der Waals surface area contributed by atoms with Crippen molar-refractivity contribution in [3.8, 4) is 0 Å². The molecule has 0 saturated carbocycles. The number of nitro groups is 1. The van der Waals surface area contributed by atoms with Gasteiger partial charge < -0.3 is 10.2 Å². The molecule has 2 aliphatic carbocycles. The van der Waals surface area contributed by atoms with Gasteiger partial charge in [0.25, 0.3) is 11.6 Å². The fraction of sp³-hybridized carbons (Fsp3) is 0.306. The molecule has 1 aliphatic heterocycles. The number of nitrogens with zero attached hydrogens (tertiary/aromatic N) is 2. The van der Waals surface area contributed by atoms with Crippen LogP contribution in [0.25, 0.3) is 0 Å². The summed E-state index contributed by atoms with van der Waals surface area (Å²) in [5, 5.41) is 19.3. The summed E-state index contributed by atoms with van der Waals surface area (Å²) in [7, 11) is -3.87. The van der Waals surface area contributed by atoms with Crippen LogP contribution in [0.3, 0.4) is 0 Å². The summed E-state index contributed by atoms with van der Waals surface area (Å²) in [5.41, 5.74) is 3.92. The number of benzene rings is 3. The number of amides is 1. The number of hydrogen-bond donors (Lipinski definition) is 2. The second-order valence-corrected chi connectivity index (χ2v) is 15.9. The summed E-state index contributed by atoms with van der Waals surface area (Å²) in [5.74, 6) is -1.19. The standard InChI is InChI=1S/C36H36N4O7S/c1-35(2)17-27-32(29(41)19-35)31(21-5-13-25(14-6-21)40(44)45)33-28(18-36(3,4)20-30(33)42)39(27)24-11-7-22(8-12-24)34(43)38-23-9-15-26(16-10-23)48(37,46)47/h5-16,31H,17-20H2,1-4H3,(H,38,43)(H2,37,46,47). The number of nitrogens with one attached hydrogen (secondary N) is 1. The smallest absolute Gasteiger partial charge is 0.269 e. The van der Waals surface area contributed by atoms with Crippen molar-refractivity contribution in [3.63, 3.8) is 0 Å². The molecule has 11 nitrogen and oxygen atoms in total. The summed E-state index contributed by atoms with van der Waals surface area (Å²) in [4.78, 5) is 54.2. The number of nitro benzene ring substituents is 1. The predicted octanol–water partition coefficient (Wildman–Crippen LogP) is 6.38. The van der Waals surface area contributed by atoms with Crippen LogP contribution in [0.15, 0.2) is 100 Å². The number of non-ortho nitro benzene ring substituents is 1. The van der Waals surface area contributed by atoms with E-state index in [1.54, 1.807) is 36.4 Å². The van der Waals surface area contributed by atoms with Gasteiger partial charge in [0.1, 0.15) is 0 Å². The molecule has 248 valence electrons. The normalized spacial score (nSPS) is 19.1. The van der Waals surface area contributed by atoms with E-state index in [9.17, 15) is 32.9 Å². The lowest BCUT2D eigenvalue weighted by Gasteiger charge is -2.49. The Labute approximate surface area is 278 Å². The van der Waals surface area contributed by atoms with Gasteiger partial charge in [0.2, 0.25) is 10.0 Å². The lowest BCUT2D eigenvalue weighted by Crippen LogP contribution is -2.44. The average molecular weight is 669 g/mol. The zero-order chi connectivity index (χ0) is 34.8. The van der Waals surface area contributed by atoms with Crippen molar-refractivity contribution in [2.75, 3.05) is 10.2 Å². The molecule has 1 amide bonds. The van der Waals surface area contributed by atoms with Crippen molar-refractivity contribution in [3.05, 3.63) is 117 Å². The Kier molecular flexibility index (Phi) is 8.00. The summed E-state index contributed by atoms with van der Waals surface area (Å²) in [6.45, 7) is 8.15. The number of rotatable bonds is 6. The van der Waals surface area contributed by atoms with Crippen LogP contribution in [-0.4, -0.2) is 30.8 Å². The molecule has 3 aromatic rings. The molecular formula is C36H36N4O7S. The molecule has 0 bridgehead atoms. The predicted molar refractivity (Wildman–Crippen MR) is 181 cm³/mol. The van der Waals surface area contributed by atoms with Gasteiger partial charge in [-0.05, 0) is 77.8 Å². The van der Waals surface area contributed by atoms with Crippen molar-refractivity contribution >= 4 is 44.6 Å². The number of allylic oxidation sites excluding steroid dienone is 4. The fourth-order valence-corrected chi connectivity index (χ4v) is 7.61. The highest BCUT2D eigenvalue weighted by Gasteiger charge is 2.49. The highest BCUT2D eigenvalue weighted by Crippen LogP contribution is 2.55. The van der Waals surface area contributed by atoms with E-state index in [1.165, 1.54) is 36.4 Å². The number of ketones is 2. The van der Waals surface area contributed by atoms with Crippen LogP contribution < -0.4 is 15.4 Å². The van der Waals surface area contributed by atoms with Gasteiger partial charge >= 0.3 is 0 Å². The van der Waals surface area contributed by atoms with Crippen LogP contribution in [0.4, 0.5) is 17.1 Å². The second-order valence-electron chi connectivity index (χ2n) is 14.3. The van der Waals surface area contributed by atoms with Gasteiger partial charge in [0, 0.05) is 70.4 Å². The highest BCUT2D eigenvalue weighted by atomic mass is 32.2. The number of carbonyl (C=O) groups excluding carboxylic acids is 3. The van der Waals surface area contributed by atoms with Crippen molar-refractivity contribution < 1.29 is 27.7 Å². The Morgan fingerprint density at radius 3 is 1.77 bits per heavy atom. The maximum absolute atomic E-state index is 14.1. The van der Waals surface area contributed by atoms with Gasteiger partial charge in [-0.1, -0.05) is 39.8 Å². The summed E-state index contributed by atoms with van der Waals surface area (Å²) in [6, 6.07) is 18.5. The van der Waals surface area contributed by atoms with E-state index in [-0.39, 0.29) is 33.0 Å². The molecule has 48 heavy (non-hydrogen) atoms. The molecule has 0 fully saturated rings. The van der Waals surface area contributed by atoms with E-state index in [0.29, 0.717) is 59.3 Å². The Morgan fingerprint density at radius 1 is 0.812 bits per heavy atom. The molecule has 0 radical (unpaired) electrons. The zero-order valence-corrected chi connectivity index (χ0v) is 27.9. The van der Waals surface area contributed by atoms with E-state index in [4.69, 9.17) is 5.14 Å². The lowest BCUT2D eigenvalue weighted by atomic mass is 9.63. The van der Waals surface area contributed by atoms with Gasteiger partial charge in [-0.3, -0.25) is 24.5 Å². The van der Waals surface area contributed by atoms with E-state index >= 15 is 0 Å². The van der Waals surface area contributed by atoms with Crippen LogP contribution in [0.2, 0.25) is 0 Å². The number of Topliss-reactive ketones (excluding diaryl/α,β-unsaturated/α-hetero) is 2. The molecule has 0 unspecified atom stereocenters. The van der Waals surface area contributed by atoms with Crippen LogP contribution in [0.1, 0.15) is 75.2 Å². The van der Waals surface area contributed by atoms with Gasteiger partial charge in [0.15, 0.2) is 11.6 Å². The Hall–Kier alpha value is -4.94. The SMILES string of the molecule is CC1(C)CC(=O)C2=C(C1)N(c1ccc(C(=O)Nc3ccc(S(N)(=O)=O)cc3)cc1)C1=C(C(=O)CC(C)(C)C1)C2c1ccc([N+](=O)[O-])cc1. The van der Waals surface area contributed by atoms with Crippen LogP contribution >= 0.6 is 0 Å². The third-order valence-electron chi connectivity index (χ3n) is 9.18. The molecule has 0 spiro atoms. The minimum atomic E-state index is -3.87. The third kappa shape index (κ3) is 6.20. The molecule has 6 rings (SSSR count). The van der Waals surface area contributed by atoms with Crippen LogP contribution in [0, 0.1) is 20.9 Å². The number of nitrogens with two attached hydrogens (primary N) is 1. The van der Waals surface area contributed by atoms with Crippen molar-refractivity contribution in [1.29, 1.82) is 0 Å². The second kappa shape index (κ2) is 11.6. The van der Waals surface area contributed by atoms with Gasteiger partial charge in [-0.2, -0.15) is 0 Å². The van der Waals surface area contributed by atoms with Crippen LogP contribution in [0.5, 0.6) is 0 Å². The number of carbonyl (C=O) groups is 3. The van der Waals surface area contributed by atoms with Crippen LogP contribution in [-0.2, 0) is 19.6 Å². The molecule has 0 saturated heterocycles. The number of hydrogen-bond acceptors (Lipinski definition) is 8. The fourth-order valence-electron chi connectivity index (χ4n) is 7.09. The Morgan fingerprint density at radius 2 is 1.31 bits per heavy atom. The topological polar surface area (TPSA) is 170 Å². The van der Waals surface area contributed by atoms with E-state index in [2.05, 4.69) is 5.32 Å². The first kappa shape index (κ1) is 33.0. The first-order valence-electron chi connectivity index (χ1n) is 15.6. The highest BCUT2D eigenvalue weighted by molar-refractivity contribution is 7.89. The Balaban J connectivity index is 1.43. The zero-order valence-electron chi connectivity index (χ0n) is 27.1. The summed E-state index contributed by atoms with van der Waals surface area (Å²) >= 11 is 0. The van der Waals surface area contributed by atoms with Gasteiger partial charge in [0.05, 0.1) is 9.82 Å². The minimum absolute atomic E-state index is 0.0664. The van der Waals surface area contributed by atoms with Crippen molar-refractivity contribution in [2.45, 2.75) is 64.2 Å². The molecule has 0 atom stereocenters. The monoisotopic (exact) mass is 668 g/mol. The molecule has 0 aromatic heterocycles. The molecule has 3 aromatic carbocycles. The van der Waals surface area contributed by atoms with Gasteiger partial charge in [-0.25, -0.2) is 13.6 Å². The maximum atomic E-state index is 14.1. The quantitative estimate of drug-likeness (QED) is 0.225.